The van der Waals surface area contributed by atoms with Gasteiger partial charge < -0.3 is 5.32 Å². The molecule has 104 valence electrons. The van der Waals surface area contributed by atoms with E-state index in [9.17, 15) is 8.78 Å². The van der Waals surface area contributed by atoms with E-state index >= 15 is 0 Å². The highest BCUT2D eigenvalue weighted by molar-refractivity contribution is 5.42. The third kappa shape index (κ3) is 3.52. The Morgan fingerprint density at radius 1 is 1.32 bits per heavy atom. The van der Waals surface area contributed by atoms with E-state index in [2.05, 4.69) is 15.5 Å². The molecular formula is C12H17F2N5. The monoisotopic (exact) mass is 269 g/mol. The minimum atomic E-state index is -2.39. The molecule has 0 fully saturated rings. The van der Waals surface area contributed by atoms with Crippen LogP contribution in [0.3, 0.4) is 0 Å². The quantitative estimate of drug-likeness (QED) is 0.875. The third-order valence-corrected chi connectivity index (χ3v) is 2.74. The summed E-state index contributed by atoms with van der Waals surface area (Å²) in [5, 5.41) is 11.4. The highest BCUT2D eigenvalue weighted by atomic mass is 19.3. The van der Waals surface area contributed by atoms with Crippen molar-refractivity contribution in [2.24, 2.45) is 0 Å². The summed E-state index contributed by atoms with van der Waals surface area (Å²) in [6.07, 6.45) is 2.78. The molecule has 2 aromatic rings. The number of hydrogen-bond donors (Lipinski definition) is 1. The predicted octanol–water partition coefficient (Wildman–Crippen LogP) is 2.29. The minimum absolute atomic E-state index is 0.372. The maximum Gasteiger partial charge on any atom is 0.257 e. The summed E-state index contributed by atoms with van der Waals surface area (Å²) in [4.78, 5) is 0. The summed E-state index contributed by atoms with van der Waals surface area (Å²) >= 11 is 0. The van der Waals surface area contributed by atoms with E-state index in [4.69, 9.17) is 0 Å². The van der Waals surface area contributed by atoms with Gasteiger partial charge in [-0.05, 0) is 13.8 Å². The summed E-state index contributed by atoms with van der Waals surface area (Å²) in [6.45, 7) is 4.95. The number of nitrogens with one attached hydrogen (secondary N) is 1. The zero-order valence-electron chi connectivity index (χ0n) is 11.0. The molecule has 2 heterocycles. The van der Waals surface area contributed by atoms with E-state index in [-0.39, 0.29) is 6.54 Å². The van der Waals surface area contributed by atoms with Gasteiger partial charge in [0.25, 0.3) is 6.43 Å². The number of aryl methyl sites for hydroxylation is 2. The van der Waals surface area contributed by atoms with Crippen molar-refractivity contribution in [3.05, 3.63) is 29.7 Å². The van der Waals surface area contributed by atoms with Crippen LogP contribution in [0.15, 0.2) is 18.6 Å². The van der Waals surface area contributed by atoms with E-state index in [1.807, 2.05) is 24.7 Å². The van der Waals surface area contributed by atoms with Crippen LogP contribution in [-0.4, -0.2) is 26.0 Å². The SMILES string of the molecule is CCn1cc(C)c(NCc2cnn(CC(F)F)c2)n1. The van der Waals surface area contributed by atoms with Crippen LogP contribution in [-0.2, 0) is 19.6 Å². The highest BCUT2D eigenvalue weighted by Crippen LogP contribution is 2.12. The first-order valence-electron chi connectivity index (χ1n) is 6.16. The molecule has 7 heteroatoms. The second-order valence-electron chi connectivity index (χ2n) is 4.33. The van der Waals surface area contributed by atoms with E-state index in [0.717, 1.165) is 23.5 Å². The van der Waals surface area contributed by atoms with E-state index in [1.54, 1.807) is 12.4 Å². The van der Waals surface area contributed by atoms with Crippen LogP contribution in [0.1, 0.15) is 18.1 Å². The molecule has 0 saturated heterocycles. The van der Waals surface area contributed by atoms with Gasteiger partial charge in [-0.2, -0.15) is 10.2 Å². The summed E-state index contributed by atoms with van der Waals surface area (Å²) in [7, 11) is 0. The number of anilines is 1. The van der Waals surface area contributed by atoms with Crippen molar-refractivity contribution in [3.63, 3.8) is 0 Å². The van der Waals surface area contributed by atoms with Crippen LogP contribution < -0.4 is 5.32 Å². The molecule has 0 saturated carbocycles. The Hall–Kier alpha value is -1.92. The van der Waals surface area contributed by atoms with Crippen LogP contribution in [0.5, 0.6) is 0 Å². The van der Waals surface area contributed by atoms with Gasteiger partial charge in [-0.15, -0.1) is 0 Å². The van der Waals surface area contributed by atoms with Gasteiger partial charge in [-0.3, -0.25) is 9.36 Å². The molecule has 1 N–H and O–H groups in total. The van der Waals surface area contributed by atoms with Gasteiger partial charge >= 0.3 is 0 Å². The fourth-order valence-corrected chi connectivity index (χ4v) is 1.78. The van der Waals surface area contributed by atoms with Crippen molar-refractivity contribution in [2.45, 2.75) is 39.9 Å². The van der Waals surface area contributed by atoms with Crippen LogP contribution in [0.2, 0.25) is 0 Å². The maximum absolute atomic E-state index is 12.2. The van der Waals surface area contributed by atoms with Gasteiger partial charge in [-0.1, -0.05) is 0 Å². The van der Waals surface area contributed by atoms with E-state index in [0.29, 0.717) is 6.54 Å². The molecular weight excluding hydrogens is 252 g/mol. The van der Waals surface area contributed by atoms with Crippen LogP contribution in [0.25, 0.3) is 0 Å². The standard InChI is InChI=1S/C12H17F2N5/c1-3-18-6-9(2)12(17-18)15-4-10-5-16-19(7-10)8-11(13)14/h5-7,11H,3-4,8H2,1-2H3,(H,15,17). The molecule has 5 nitrogen and oxygen atoms in total. The first-order chi connectivity index (χ1) is 9.08. The van der Waals surface area contributed by atoms with Gasteiger partial charge in [-0.25, -0.2) is 8.78 Å². The average Bonchev–Trinajstić information content (AvgIpc) is 2.93. The summed E-state index contributed by atoms with van der Waals surface area (Å²) in [5.74, 6) is 0.809. The van der Waals surface area contributed by atoms with Gasteiger partial charge in [0.15, 0.2) is 5.82 Å². The summed E-state index contributed by atoms with van der Waals surface area (Å²) in [6, 6.07) is 0. The zero-order valence-corrected chi connectivity index (χ0v) is 11.0. The second kappa shape index (κ2) is 5.81. The van der Waals surface area contributed by atoms with E-state index in [1.165, 1.54) is 4.68 Å². The molecule has 0 aromatic carbocycles. The Bertz CT molecular complexity index is 532. The molecule has 0 aliphatic carbocycles. The van der Waals surface area contributed by atoms with Gasteiger partial charge in [0.2, 0.25) is 0 Å². The Kier molecular flexibility index (Phi) is 4.13. The lowest BCUT2D eigenvalue weighted by molar-refractivity contribution is 0.122. The zero-order chi connectivity index (χ0) is 13.8. The van der Waals surface area contributed by atoms with Crippen LogP contribution in [0.4, 0.5) is 14.6 Å². The first kappa shape index (κ1) is 13.5. The summed E-state index contributed by atoms with van der Waals surface area (Å²) < 4.78 is 27.5. The van der Waals surface area contributed by atoms with Crippen molar-refractivity contribution in [1.29, 1.82) is 0 Å². The number of rotatable bonds is 6. The Morgan fingerprint density at radius 3 is 2.74 bits per heavy atom. The molecule has 0 aliphatic rings. The minimum Gasteiger partial charge on any atom is -0.364 e. The molecule has 0 spiro atoms. The normalized spacial score (nSPS) is 11.2. The molecule has 0 bridgehead atoms. The number of nitrogens with zero attached hydrogens (tertiary/aromatic N) is 4. The number of aromatic nitrogens is 4. The lowest BCUT2D eigenvalue weighted by atomic mass is 10.3. The van der Waals surface area contributed by atoms with Gasteiger partial charge in [0.1, 0.15) is 6.54 Å². The lowest BCUT2D eigenvalue weighted by Crippen LogP contribution is -2.06. The van der Waals surface area contributed by atoms with E-state index < -0.39 is 6.43 Å². The fraction of sp³-hybridized carbons (Fsp3) is 0.500. The Balaban J connectivity index is 1.94. The molecule has 19 heavy (non-hydrogen) atoms. The molecule has 2 aromatic heterocycles. The number of halogens is 2. The average molecular weight is 269 g/mol. The Morgan fingerprint density at radius 2 is 2.11 bits per heavy atom. The molecule has 0 amide bonds. The predicted molar refractivity (Wildman–Crippen MR) is 68.2 cm³/mol. The van der Waals surface area contributed by atoms with Crippen molar-refractivity contribution in [2.75, 3.05) is 5.32 Å². The molecule has 0 unspecified atom stereocenters. The Labute approximate surface area is 110 Å². The third-order valence-electron chi connectivity index (χ3n) is 2.74. The fourth-order valence-electron chi connectivity index (χ4n) is 1.78. The van der Waals surface area contributed by atoms with Gasteiger partial charge in [0.05, 0.1) is 6.20 Å². The van der Waals surface area contributed by atoms with Crippen molar-refractivity contribution < 1.29 is 8.78 Å². The summed E-state index contributed by atoms with van der Waals surface area (Å²) in [5.41, 5.74) is 1.91. The number of alkyl halides is 2. The smallest absolute Gasteiger partial charge is 0.257 e. The molecule has 0 atom stereocenters. The van der Waals surface area contributed by atoms with Crippen molar-refractivity contribution in [3.8, 4) is 0 Å². The van der Waals surface area contributed by atoms with Crippen LogP contribution >= 0.6 is 0 Å². The van der Waals surface area contributed by atoms with Crippen LogP contribution in [0, 0.1) is 6.92 Å². The highest BCUT2D eigenvalue weighted by Gasteiger charge is 2.07. The van der Waals surface area contributed by atoms with Crippen molar-refractivity contribution >= 4 is 5.82 Å². The van der Waals surface area contributed by atoms with Gasteiger partial charge in [0, 0.05) is 36.6 Å². The topological polar surface area (TPSA) is 47.7 Å². The first-order valence-corrected chi connectivity index (χ1v) is 6.16. The lowest BCUT2D eigenvalue weighted by Gasteiger charge is -2.02. The molecule has 2 rings (SSSR count). The largest absolute Gasteiger partial charge is 0.364 e. The maximum atomic E-state index is 12.2. The number of hydrogen-bond acceptors (Lipinski definition) is 3. The second-order valence-corrected chi connectivity index (χ2v) is 4.33. The molecule has 0 radical (unpaired) electrons. The molecule has 0 aliphatic heterocycles. The van der Waals surface area contributed by atoms with Crippen molar-refractivity contribution in [1.82, 2.24) is 19.6 Å².